The van der Waals surface area contributed by atoms with E-state index in [1.807, 2.05) is 42.2 Å². The normalized spacial score (nSPS) is 19.9. The molecule has 1 fully saturated rings. The number of hydrogen-bond acceptors (Lipinski definition) is 7. The van der Waals surface area contributed by atoms with Crippen LogP contribution in [0, 0.1) is 6.92 Å². The third-order valence-corrected chi connectivity index (χ3v) is 8.77. The number of aromatic nitrogens is 1. The lowest BCUT2D eigenvalue weighted by Crippen LogP contribution is -2.50. The number of para-hydroxylation sites is 1. The molecule has 5 rings (SSSR count). The molecule has 2 aliphatic rings. The van der Waals surface area contributed by atoms with Crippen molar-refractivity contribution in [3.05, 3.63) is 65.1 Å². The molecule has 3 aromatic rings. The van der Waals surface area contributed by atoms with Gasteiger partial charge in [0.1, 0.15) is 17.2 Å². The summed E-state index contributed by atoms with van der Waals surface area (Å²) >= 11 is 0. The molecule has 10 heteroatoms. The Morgan fingerprint density at radius 3 is 2.78 bits per heavy atom. The number of anilines is 1. The first kappa shape index (κ1) is 25.2. The van der Waals surface area contributed by atoms with Crippen LogP contribution in [-0.4, -0.2) is 72.7 Å². The number of pyridine rings is 1. The number of amides is 2. The highest BCUT2D eigenvalue weighted by atomic mass is 32.2. The number of carbonyl (C=O) groups excluding carboxylic acids is 2. The molecule has 1 saturated heterocycles. The van der Waals surface area contributed by atoms with E-state index in [0.29, 0.717) is 38.3 Å². The summed E-state index contributed by atoms with van der Waals surface area (Å²) in [6.07, 6.45) is 6.05. The lowest BCUT2D eigenvalue weighted by atomic mass is 10.0. The highest BCUT2D eigenvalue weighted by molar-refractivity contribution is 7.91. The van der Waals surface area contributed by atoms with Crippen LogP contribution in [0.1, 0.15) is 28.9 Å². The van der Waals surface area contributed by atoms with Crippen LogP contribution in [0.2, 0.25) is 0 Å². The lowest BCUT2D eigenvalue weighted by Gasteiger charge is -2.32. The number of benzene rings is 1. The largest absolute Gasteiger partial charge is 0.459 e. The molecule has 1 unspecified atom stereocenters. The maximum Gasteiger partial charge on any atom is 0.246 e. The van der Waals surface area contributed by atoms with Crippen molar-refractivity contribution in [3.63, 3.8) is 0 Å². The monoisotopic (exact) mass is 522 g/mol. The van der Waals surface area contributed by atoms with E-state index in [4.69, 9.17) is 4.42 Å². The van der Waals surface area contributed by atoms with Gasteiger partial charge in [-0.15, -0.1) is 0 Å². The van der Waals surface area contributed by atoms with Crippen LogP contribution < -0.4 is 5.32 Å². The fourth-order valence-electron chi connectivity index (χ4n) is 4.90. The van der Waals surface area contributed by atoms with Crippen LogP contribution >= 0.6 is 0 Å². The highest BCUT2D eigenvalue weighted by Crippen LogP contribution is 2.26. The topological polar surface area (TPSA) is 113 Å². The van der Waals surface area contributed by atoms with Crippen molar-refractivity contribution in [1.29, 1.82) is 0 Å². The van der Waals surface area contributed by atoms with E-state index in [9.17, 15) is 18.0 Å². The minimum absolute atomic E-state index is 0.0787. The van der Waals surface area contributed by atoms with Crippen LogP contribution in [0.5, 0.6) is 0 Å². The van der Waals surface area contributed by atoms with Crippen molar-refractivity contribution in [3.8, 4) is 0 Å². The molecular formula is C27H30N4O5S. The summed E-state index contributed by atoms with van der Waals surface area (Å²) in [5, 5.41) is 3.94. The van der Waals surface area contributed by atoms with Crippen molar-refractivity contribution >= 4 is 44.5 Å². The molecule has 9 nitrogen and oxygen atoms in total. The summed E-state index contributed by atoms with van der Waals surface area (Å²) in [5.41, 5.74) is 3.49. The number of nitrogens with one attached hydrogen (secondary N) is 1. The average molecular weight is 523 g/mol. The Hall–Kier alpha value is -3.50. The van der Waals surface area contributed by atoms with Crippen molar-refractivity contribution in [2.75, 3.05) is 37.0 Å². The number of aryl methyl sites for hydroxylation is 2. The fraction of sp³-hybridized carbons (Fsp3) is 0.370. The summed E-state index contributed by atoms with van der Waals surface area (Å²) in [7, 11) is -1.28. The third kappa shape index (κ3) is 5.45. The van der Waals surface area contributed by atoms with Crippen LogP contribution in [0.3, 0.4) is 0 Å². The van der Waals surface area contributed by atoms with Crippen LogP contribution in [0.4, 0.5) is 5.82 Å². The minimum atomic E-state index is -3.02. The molecule has 0 radical (unpaired) electrons. The number of fused-ring (bicyclic) bond motifs is 2. The summed E-state index contributed by atoms with van der Waals surface area (Å²) < 4.78 is 29.5. The molecule has 1 atom stereocenters. The molecule has 0 aliphatic carbocycles. The van der Waals surface area contributed by atoms with Gasteiger partial charge in [-0.3, -0.25) is 14.5 Å². The smallest absolute Gasteiger partial charge is 0.246 e. The van der Waals surface area contributed by atoms with Gasteiger partial charge in [-0.25, -0.2) is 13.4 Å². The summed E-state index contributed by atoms with van der Waals surface area (Å²) in [4.78, 5) is 33.6. The SMILES string of the molecule is Cc1c(CN(C)C(=O)/C=C/c2cnc3c(c2)CCC(N2CCS(=O)(=O)CC2)C(=O)N3)oc2ccccc12. The van der Waals surface area contributed by atoms with Crippen molar-refractivity contribution in [1.82, 2.24) is 14.8 Å². The Kier molecular flexibility index (Phi) is 6.87. The molecule has 2 aliphatic heterocycles. The Labute approximate surface area is 216 Å². The lowest BCUT2D eigenvalue weighted by molar-refractivity contribution is -0.125. The first-order valence-electron chi connectivity index (χ1n) is 12.3. The molecule has 1 N–H and O–H groups in total. The second kappa shape index (κ2) is 10.1. The van der Waals surface area contributed by atoms with E-state index in [1.165, 1.54) is 6.08 Å². The van der Waals surface area contributed by atoms with E-state index in [-0.39, 0.29) is 29.4 Å². The second-order valence-corrected chi connectivity index (χ2v) is 12.0. The van der Waals surface area contributed by atoms with Crippen molar-refractivity contribution < 1.29 is 22.4 Å². The van der Waals surface area contributed by atoms with Gasteiger partial charge in [-0.2, -0.15) is 0 Å². The molecule has 1 aromatic carbocycles. The molecule has 194 valence electrons. The highest BCUT2D eigenvalue weighted by Gasteiger charge is 2.33. The zero-order valence-corrected chi connectivity index (χ0v) is 21.8. The Morgan fingerprint density at radius 1 is 1.27 bits per heavy atom. The van der Waals surface area contributed by atoms with E-state index in [2.05, 4.69) is 10.3 Å². The number of carbonyl (C=O) groups is 2. The molecular weight excluding hydrogens is 492 g/mol. The number of furan rings is 1. The molecule has 2 aromatic heterocycles. The molecule has 0 saturated carbocycles. The molecule has 37 heavy (non-hydrogen) atoms. The second-order valence-electron chi connectivity index (χ2n) is 9.68. The Balaban J connectivity index is 1.23. The predicted octanol–water partition coefficient (Wildman–Crippen LogP) is 2.79. The maximum absolute atomic E-state index is 12.8. The molecule has 2 amide bonds. The van der Waals surface area contributed by atoms with Crippen LogP contribution in [0.25, 0.3) is 17.0 Å². The average Bonchev–Trinajstić information content (AvgIpc) is 3.09. The quantitative estimate of drug-likeness (QED) is 0.513. The van der Waals surface area contributed by atoms with Gasteiger partial charge in [0, 0.05) is 43.4 Å². The number of nitrogens with zero attached hydrogens (tertiary/aromatic N) is 3. The van der Waals surface area contributed by atoms with Gasteiger partial charge in [0.2, 0.25) is 11.8 Å². The van der Waals surface area contributed by atoms with Gasteiger partial charge in [-0.1, -0.05) is 18.2 Å². The standard InChI is InChI=1S/C27H30N4O5S/c1-18-21-5-3-4-6-23(21)36-24(18)17-30(2)25(32)10-7-19-15-20-8-9-22(27(33)29-26(20)28-16-19)31-11-13-37(34,35)14-12-31/h3-7,10,15-16,22H,8-9,11-14,17H2,1-2H3,(H,28,29,33)/b10-7+. The molecule has 0 bridgehead atoms. The van der Waals surface area contributed by atoms with Gasteiger partial charge in [0.15, 0.2) is 9.84 Å². The first-order chi connectivity index (χ1) is 17.7. The van der Waals surface area contributed by atoms with Crippen LogP contribution in [-0.2, 0) is 32.4 Å². The summed E-state index contributed by atoms with van der Waals surface area (Å²) in [6.45, 7) is 3.08. The van der Waals surface area contributed by atoms with Crippen molar-refractivity contribution in [2.24, 2.45) is 0 Å². The first-order valence-corrected chi connectivity index (χ1v) is 14.2. The van der Waals surface area contributed by atoms with Crippen LogP contribution in [0.15, 0.2) is 47.0 Å². The van der Waals surface area contributed by atoms with Gasteiger partial charge in [0.05, 0.1) is 24.1 Å². The van der Waals surface area contributed by atoms with E-state index in [0.717, 1.165) is 33.4 Å². The number of hydrogen-bond donors (Lipinski definition) is 1. The van der Waals surface area contributed by atoms with Gasteiger partial charge in [0.25, 0.3) is 0 Å². The summed E-state index contributed by atoms with van der Waals surface area (Å²) in [6, 6.07) is 9.35. The van der Waals surface area contributed by atoms with E-state index in [1.54, 1.807) is 24.2 Å². The number of rotatable bonds is 5. The minimum Gasteiger partial charge on any atom is -0.459 e. The Bertz CT molecular complexity index is 1480. The number of likely N-dealkylation sites (N-methyl/N-ethyl adjacent to an activating group) is 1. The van der Waals surface area contributed by atoms with Gasteiger partial charge in [-0.05, 0) is 49.1 Å². The summed E-state index contributed by atoms with van der Waals surface area (Å²) in [5.74, 6) is 1.10. The van der Waals surface area contributed by atoms with Gasteiger partial charge < -0.3 is 14.6 Å². The van der Waals surface area contributed by atoms with Crippen molar-refractivity contribution in [2.45, 2.75) is 32.4 Å². The fourth-order valence-corrected chi connectivity index (χ4v) is 6.13. The van der Waals surface area contributed by atoms with E-state index < -0.39 is 9.84 Å². The number of sulfone groups is 1. The Morgan fingerprint density at radius 2 is 2.03 bits per heavy atom. The van der Waals surface area contributed by atoms with E-state index >= 15 is 0 Å². The molecule has 0 spiro atoms. The maximum atomic E-state index is 12.8. The molecule has 4 heterocycles. The predicted molar refractivity (Wildman–Crippen MR) is 142 cm³/mol. The third-order valence-electron chi connectivity index (χ3n) is 7.16. The van der Waals surface area contributed by atoms with Gasteiger partial charge >= 0.3 is 0 Å². The zero-order chi connectivity index (χ0) is 26.2. The zero-order valence-electron chi connectivity index (χ0n) is 20.9.